The van der Waals surface area contributed by atoms with E-state index in [9.17, 15) is 0 Å². The zero-order chi connectivity index (χ0) is 14.0. The second-order valence-corrected chi connectivity index (χ2v) is 7.43. The summed E-state index contributed by atoms with van der Waals surface area (Å²) in [6.07, 6.45) is 11.1. The molecule has 0 amide bonds. The van der Waals surface area contributed by atoms with Crippen LogP contribution >= 0.6 is 0 Å². The number of piperidine rings is 2. The van der Waals surface area contributed by atoms with E-state index >= 15 is 0 Å². The van der Waals surface area contributed by atoms with Gasteiger partial charge in [-0.3, -0.25) is 4.90 Å². The topological polar surface area (TPSA) is 32.5 Å². The Labute approximate surface area is 124 Å². The summed E-state index contributed by atoms with van der Waals surface area (Å²) in [5, 5.41) is 0. The van der Waals surface area contributed by atoms with Crippen molar-refractivity contribution in [3.8, 4) is 0 Å². The third-order valence-electron chi connectivity index (χ3n) is 6.34. The number of hydrogen-bond acceptors (Lipinski definition) is 3. The molecule has 0 aliphatic carbocycles. The van der Waals surface area contributed by atoms with Gasteiger partial charge in [0.1, 0.15) is 0 Å². The van der Waals surface area contributed by atoms with E-state index in [1.54, 1.807) is 0 Å². The van der Waals surface area contributed by atoms with Crippen LogP contribution in [0.2, 0.25) is 0 Å². The summed E-state index contributed by atoms with van der Waals surface area (Å²) >= 11 is 0. The fourth-order valence-corrected chi connectivity index (χ4v) is 5.02. The molecule has 0 aromatic carbocycles. The molecule has 0 spiro atoms. The van der Waals surface area contributed by atoms with Gasteiger partial charge in [-0.05, 0) is 64.1 Å². The zero-order valence-corrected chi connectivity index (χ0v) is 13.3. The summed E-state index contributed by atoms with van der Waals surface area (Å²) in [4.78, 5) is 5.51. The minimum absolute atomic E-state index is 0.336. The molecule has 3 aliphatic rings. The molecule has 0 saturated carbocycles. The first-order chi connectivity index (χ1) is 9.77. The first kappa shape index (κ1) is 14.8. The van der Waals surface area contributed by atoms with Crippen molar-refractivity contribution < 1.29 is 0 Å². The molecule has 3 aliphatic heterocycles. The molecule has 3 heteroatoms. The summed E-state index contributed by atoms with van der Waals surface area (Å²) < 4.78 is 0. The van der Waals surface area contributed by atoms with E-state index in [-0.39, 0.29) is 0 Å². The fourth-order valence-electron chi connectivity index (χ4n) is 5.02. The van der Waals surface area contributed by atoms with Crippen LogP contribution in [0.5, 0.6) is 0 Å². The maximum atomic E-state index is 6.29. The maximum Gasteiger partial charge on any atom is 0.0358 e. The predicted octanol–water partition coefficient (Wildman–Crippen LogP) is 2.45. The summed E-state index contributed by atoms with van der Waals surface area (Å²) in [7, 11) is 0. The van der Waals surface area contributed by atoms with Crippen molar-refractivity contribution in [2.24, 2.45) is 11.7 Å². The average Bonchev–Trinajstić information content (AvgIpc) is 2.95. The van der Waals surface area contributed by atoms with Gasteiger partial charge in [0.25, 0.3) is 0 Å². The summed E-state index contributed by atoms with van der Waals surface area (Å²) in [5.74, 6) is 0.984. The third-order valence-corrected chi connectivity index (χ3v) is 6.34. The van der Waals surface area contributed by atoms with Crippen LogP contribution in [-0.4, -0.2) is 54.1 Å². The number of nitrogens with two attached hydrogens (primary N) is 1. The Morgan fingerprint density at radius 2 is 1.90 bits per heavy atom. The van der Waals surface area contributed by atoms with E-state index in [1.165, 1.54) is 77.5 Å². The Morgan fingerprint density at radius 1 is 1.10 bits per heavy atom. The second kappa shape index (κ2) is 6.33. The number of nitrogens with zero attached hydrogens (tertiary/aromatic N) is 2. The predicted molar refractivity (Wildman–Crippen MR) is 84.8 cm³/mol. The molecular formula is C17H33N3. The quantitative estimate of drug-likeness (QED) is 0.858. The first-order valence-corrected chi connectivity index (χ1v) is 8.96. The van der Waals surface area contributed by atoms with Crippen LogP contribution in [0.25, 0.3) is 0 Å². The van der Waals surface area contributed by atoms with Gasteiger partial charge < -0.3 is 10.6 Å². The van der Waals surface area contributed by atoms with Crippen molar-refractivity contribution in [2.75, 3.05) is 32.7 Å². The Balaban J connectivity index is 1.61. The molecule has 0 bridgehead atoms. The largest absolute Gasteiger partial charge is 0.329 e. The molecule has 0 aromatic heterocycles. The van der Waals surface area contributed by atoms with Gasteiger partial charge in [0.15, 0.2) is 0 Å². The Kier molecular flexibility index (Phi) is 4.68. The Hall–Kier alpha value is -0.120. The van der Waals surface area contributed by atoms with E-state index in [0.29, 0.717) is 5.54 Å². The van der Waals surface area contributed by atoms with E-state index in [4.69, 9.17) is 5.73 Å². The minimum Gasteiger partial charge on any atom is -0.329 e. The molecule has 0 radical (unpaired) electrons. The monoisotopic (exact) mass is 279 g/mol. The second-order valence-electron chi connectivity index (χ2n) is 7.43. The molecule has 0 aromatic rings. The molecular weight excluding hydrogens is 246 g/mol. The SMILES string of the molecule is CCCC1CCN(C2(CN)CCN3CCCC3C2)CC1. The maximum absolute atomic E-state index is 6.29. The molecule has 3 rings (SSSR count). The van der Waals surface area contributed by atoms with E-state index in [2.05, 4.69) is 16.7 Å². The van der Waals surface area contributed by atoms with Crippen molar-refractivity contribution in [1.82, 2.24) is 9.80 Å². The van der Waals surface area contributed by atoms with Crippen molar-refractivity contribution in [3.63, 3.8) is 0 Å². The van der Waals surface area contributed by atoms with Crippen molar-refractivity contribution >= 4 is 0 Å². The number of likely N-dealkylation sites (tertiary alicyclic amines) is 1. The summed E-state index contributed by atoms with van der Waals surface area (Å²) in [6.45, 7) is 8.42. The van der Waals surface area contributed by atoms with Gasteiger partial charge in [-0.25, -0.2) is 0 Å². The highest BCUT2D eigenvalue weighted by Gasteiger charge is 2.44. The molecule has 3 heterocycles. The molecule has 3 nitrogen and oxygen atoms in total. The Bertz CT molecular complexity index is 311. The van der Waals surface area contributed by atoms with Crippen LogP contribution in [0.4, 0.5) is 0 Å². The van der Waals surface area contributed by atoms with Gasteiger partial charge in [0.2, 0.25) is 0 Å². The molecule has 2 atom stereocenters. The van der Waals surface area contributed by atoms with Crippen LogP contribution < -0.4 is 5.73 Å². The van der Waals surface area contributed by atoms with Crippen molar-refractivity contribution in [2.45, 2.75) is 69.9 Å². The van der Waals surface area contributed by atoms with Gasteiger partial charge in [-0.1, -0.05) is 19.8 Å². The van der Waals surface area contributed by atoms with Crippen LogP contribution in [0, 0.1) is 5.92 Å². The lowest BCUT2D eigenvalue weighted by molar-refractivity contribution is -0.00986. The third kappa shape index (κ3) is 2.77. The van der Waals surface area contributed by atoms with Gasteiger partial charge in [-0.15, -0.1) is 0 Å². The normalized spacial score (nSPS) is 37.2. The zero-order valence-electron chi connectivity index (χ0n) is 13.3. The fraction of sp³-hybridized carbons (Fsp3) is 1.00. The van der Waals surface area contributed by atoms with E-state index < -0.39 is 0 Å². The van der Waals surface area contributed by atoms with Crippen molar-refractivity contribution in [3.05, 3.63) is 0 Å². The van der Waals surface area contributed by atoms with Crippen LogP contribution in [-0.2, 0) is 0 Å². The van der Waals surface area contributed by atoms with Crippen molar-refractivity contribution in [1.29, 1.82) is 0 Å². The molecule has 2 unspecified atom stereocenters. The lowest BCUT2D eigenvalue weighted by Crippen LogP contribution is -2.62. The highest BCUT2D eigenvalue weighted by molar-refractivity contribution is 5.02. The lowest BCUT2D eigenvalue weighted by Gasteiger charge is -2.52. The minimum atomic E-state index is 0.336. The van der Waals surface area contributed by atoms with E-state index in [1.807, 2.05) is 0 Å². The highest BCUT2D eigenvalue weighted by Crippen LogP contribution is 2.38. The molecule has 3 fully saturated rings. The van der Waals surface area contributed by atoms with Crippen LogP contribution in [0.1, 0.15) is 58.3 Å². The number of rotatable bonds is 4. The summed E-state index contributed by atoms with van der Waals surface area (Å²) in [5.41, 5.74) is 6.62. The molecule has 116 valence electrons. The van der Waals surface area contributed by atoms with Gasteiger partial charge in [0, 0.05) is 24.7 Å². The number of hydrogen-bond donors (Lipinski definition) is 1. The molecule has 20 heavy (non-hydrogen) atoms. The highest BCUT2D eigenvalue weighted by atomic mass is 15.3. The summed E-state index contributed by atoms with van der Waals surface area (Å²) in [6, 6.07) is 0.834. The standard InChI is InChI=1S/C17H33N3/c1-2-4-15-6-10-20(11-7-15)17(14-18)8-12-19-9-3-5-16(19)13-17/h15-16H,2-14,18H2,1H3. The van der Waals surface area contributed by atoms with Gasteiger partial charge in [0.05, 0.1) is 0 Å². The van der Waals surface area contributed by atoms with Crippen LogP contribution in [0.15, 0.2) is 0 Å². The van der Waals surface area contributed by atoms with E-state index in [0.717, 1.165) is 18.5 Å². The van der Waals surface area contributed by atoms with Crippen LogP contribution in [0.3, 0.4) is 0 Å². The molecule has 3 saturated heterocycles. The van der Waals surface area contributed by atoms with Gasteiger partial charge >= 0.3 is 0 Å². The van der Waals surface area contributed by atoms with Gasteiger partial charge in [-0.2, -0.15) is 0 Å². The Morgan fingerprint density at radius 3 is 2.60 bits per heavy atom. The molecule has 2 N–H and O–H groups in total. The smallest absolute Gasteiger partial charge is 0.0358 e. The lowest BCUT2D eigenvalue weighted by atomic mass is 9.79. The average molecular weight is 279 g/mol. The number of fused-ring (bicyclic) bond motifs is 1. The first-order valence-electron chi connectivity index (χ1n) is 8.96.